The molecule has 0 aromatic heterocycles. The lowest BCUT2D eigenvalue weighted by atomic mass is 10.1. The number of rotatable bonds is 9. The largest absolute Gasteiger partial charge is 0.494 e. The molecule has 6 nitrogen and oxygen atoms in total. The maximum Gasteiger partial charge on any atom is 0.245 e. The zero-order valence-corrected chi connectivity index (χ0v) is 17.6. The molecular weight excluding hydrogens is 378 g/mol. The first-order chi connectivity index (χ1) is 14.6. The summed E-state index contributed by atoms with van der Waals surface area (Å²) in [4.78, 5) is 26.5. The van der Waals surface area contributed by atoms with Crippen LogP contribution < -0.4 is 15.1 Å². The Bertz CT molecular complexity index is 876. The van der Waals surface area contributed by atoms with Crippen LogP contribution in [-0.2, 0) is 16.0 Å². The third kappa shape index (κ3) is 5.69. The van der Waals surface area contributed by atoms with E-state index in [2.05, 4.69) is 24.4 Å². The van der Waals surface area contributed by atoms with Crippen LogP contribution in [0.2, 0.25) is 0 Å². The number of hydrazone groups is 1. The Labute approximate surface area is 177 Å². The molecule has 1 atom stereocenters. The van der Waals surface area contributed by atoms with Crippen molar-refractivity contribution in [2.24, 2.45) is 11.0 Å². The summed E-state index contributed by atoms with van der Waals surface area (Å²) in [6, 6.07) is 15.4. The molecule has 2 aromatic carbocycles. The zero-order chi connectivity index (χ0) is 21.3. The summed E-state index contributed by atoms with van der Waals surface area (Å²) in [6.07, 6.45) is 4.86. The van der Waals surface area contributed by atoms with E-state index in [1.807, 2.05) is 48.5 Å². The molecular formula is C24H29N3O3. The number of carbonyl (C=O) groups excluding carboxylic acids is 2. The molecule has 0 unspecified atom stereocenters. The number of amides is 2. The Balaban J connectivity index is 1.50. The first kappa shape index (κ1) is 21.6. The van der Waals surface area contributed by atoms with Gasteiger partial charge in [-0.3, -0.25) is 9.59 Å². The van der Waals surface area contributed by atoms with E-state index >= 15 is 0 Å². The number of hydrogen-bond acceptors (Lipinski definition) is 4. The van der Waals surface area contributed by atoms with E-state index in [-0.39, 0.29) is 18.2 Å². The topological polar surface area (TPSA) is 71.0 Å². The Kier molecular flexibility index (Phi) is 7.60. The molecule has 30 heavy (non-hydrogen) atoms. The molecule has 0 spiro atoms. The fourth-order valence-electron chi connectivity index (χ4n) is 3.29. The number of hydrogen-bond donors (Lipinski definition) is 1. The van der Waals surface area contributed by atoms with Crippen LogP contribution in [0, 0.1) is 5.92 Å². The number of nitrogens with zero attached hydrogens (tertiary/aromatic N) is 2. The van der Waals surface area contributed by atoms with Crippen molar-refractivity contribution in [3.05, 3.63) is 59.7 Å². The van der Waals surface area contributed by atoms with E-state index < -0.39 is 5.92 Å². The average molecular weight is 408 g/mol. The molecule has 1 N–H and O–H groups in total. The lowest BCUT2D eigenvalue weighted by molar-refractivity contribution is -0.126. The summed E-state index contributed by atoms with van der Waals surface area (Å²) in [5, 5.41) is 4.04. The van der Waals surface area contributed by atoms with E-state index in [0.717, 1.165) is 36.3 Å². The lowest BCUT2D eigenvalue weighted by Gasteiger charge is -2.16. The van der Waals surface area contributed by atoms with Crippen LogP contribution in [0.3, 0.4) is 0 Å². The van der Waals surface area contributed by atoms with Gasteiger partial charge in [0.2, 0.25) is 11.8 Å². The third-order valence-electron chi connectivity index (χ3n) is 5.19. The number of benzene rings is 2. The smallest absolute Gasteiger partial charge is 0.245 e. The molecule has 1 fully saturated rings. The van der Waals surface area contributed by atoms with Gasteiger partial charge in [-0.2, -0.15) is 5.10 Å². The highest BCUT2D eigenvalue weighted by molar-refractivity contribution is 6.00. The van der Waals surface area contributed by atoms with E-state index in [1.54, 1.807) is 11.1 Å². The first-order valence-corrected chi connectivity index (χ1v) is 10.6. The predicted octanol–water partition coefficient (Wildman–Crippen LogP) is 3.93. The van der Waals surface area contributed by atoms with Gasteiger partial charge in [0.1, 0.15) is 5.75 Å². The summed E-state index contributed by atoms with van der Waals surface area (Å²) < 4.78 is 5.63. The van der Waals surface area contributed by atoms with Crippen LogP contribution in [0.4, 0.5) is 5.69 Å². The van der Waals surface area contributed by atoms with Crippen molar-refractivity contribution in [2.45, 2.75) is 39.5 Å². The summed E-state index contributed by atoms with van der Waals surface area (Å²) >= 11 is 0. The van der Waals surface area contributed by atoms with Gasteiger partial charge < -0.3 is 9.64 Å². The van der Waals surface area contributed by atoms with Gasteiger partial charge in [-0.25, -0.2) is 5.43 Å². The molecule has 1 heterocycles. The second-order valence-corrected chi connectivity index (χ2v) is 7.43. The normalized spacial score (nSPS) is 16.3. The summed E-state index contributed by atoms with van der Waals surface area (Å²) in [6.45, 7) is 5.29. The highest BCUT2D eigenvalue weighted by Gasteiger charge is 2.35. The van der Waals surface area contributed by atoms with Gasteiger partial charge in [-0.1, -0.05) is 32.4 Å². The van der Waals surface area contributed by atoms with Crippen molar-refractivity contribution in [3.8, 4) is 5.75 Å². The minimum Gasteiger partial charge on any atom is -0.494 e. The monoisotopic (exact) mass is 407 g/mol. The van der Waals surface area contributed by atoms with Gasteiger partial charge in [0.15, 0.2) is 0 Å². The minimum atomic E-state index is -0.408. The molecule has 158 valence electrons. The molecule has 1 saturated heterocycles. The van der Waals surface area contributed by atoms with Crippen LogP contribution in [0.5, 0.6) is 5.75 Å². The molecule has 6 heteroatoms. The van der Waals surface area contributed by atoms with E-state index in [1.165, 1.54) is 5.56 Å². The Morgan fingerprint density at radius 1 is 1.17 bits per heavy atom. The molecule has 0 bridgehead atoms. The number of nitrogens with one attached hydrogen (secondary N) is 1. The fourth-order valence-corrected chi connectivity index (χ4v) is 3.29. The summed E-state index contributed by atoms with van der Waals surface area (Å²) in [7, 11) is 0. The van der Waals surface area contributed by atoms with Gasteiger partial charge in [-0.05, 0) is 60.4 Å². The summed E-state index contributed by atoms with van der Waals surface area (Å²) in [5.41, 5.74) is 5.47. The van der Waals surface area contributed by atoms with Crippen molar-refractivity contribution in [1.82, 2.24) is 5.43 Å². The maximum atomic E-state index is 12.4. The van der Waals surface area contributed by atoms with Crippen molar-refractivity contribution in [1.29, 1.82) is 0 Å². The standard InChI is InChI=1S/C24H29N3O3/c1-3-5-14-30-22-12-8-19(9-13-22)16-25-26-24(29)20-15-23(28)27(17-20)21-10-6-18(4-2)7-11-21/h6-13,16,20H,3-5,14-15,17H2,1-2H3,(H,26,29)/b25-16+/t20-/m1/s1. The zero-order valence-electron chi connectivity index (χ0n) is 17.6. The maximum absolute atomic E-state index is 12.4. The first-order valence-electron chi connectivity index (χ1n) is 10.6. The molecule has 0 radical (unpaired) electrons. The number of unbranched alkanes of at least 4 members (excludes halogenated alkanes) is 1. The number of aryl methyl sites for hydroxylation is 1. The Morgan fingerprint density at radius 2 is 1.90 bits per heavy atom. The van der Waals surface area contributed by atoms with E-state index in [4.69, 9.17) is 4.74 Å². The van der Waals surface area contributed by atoms with Gasteiger partial charge >= 0.3 is 0 Å². The van der Waals surface area contributed by atoms with E-state index in [9.17, 15) is 9.59 Å². The summed E-state index contributed by atoms with van der Waals surface area (Å²) in [5.74, 6) is 0.129. The SMILES string of the molecule is CCCCOc1ccc(/C=N/NC(=O)[C@@H]2CC(=O)N(c3ccc(CC)cc3)C2)cc1. The molecule has 1 aliphatic rings. The average Bonchev–Trinajstić information content (AvgIpc) is 3.17. The van der Waals surface area contributed by atoms with Crippen molar-refractivity contribution in [3.63, 3.8) is 0 Å². The van der Waals surface area contributed by atoms with Crippen molar-refractivity contribution >= 4 is 23.7 Å². The lowest BCUT2D eigenvalue weighted by Crippen LogP contribution is -2.30. The van der Waals surface area contributed by atoms with Gasteiger partial charge in [0, 0.05) is 18.7 Å². The number of carbonyl (C=O) groups is 2. The second kappa shape index (κ2) is 10.6. The second-order valence-electron chi connectivity index (χ2n) is 7.43. The van der Waals surface area contributed by atoms with Crippen molar-refractivity contribution < 1.29 is 14.3 Å². The number of anilines is 1. The Hall–Kier alpha value is -3.15. The highest BCUT2D eigenvalue weighted by Crippen LogP contribution is 2.25. The molecule has 0 aliphatic carbocycles. The van der Waals surface area contributed by atoms with Crippen LogP contribution in [0.1, 0.15) is 44.2 Å². The highest BCUT2D eigenvalue weighted by atomic mass is 16.5. The van der Waals surface area contributed by atoms with Crippen LogP contribution in [0.25, 0.3) is 0 Å². The number of ether oxygens (including phenoxy) is 1. The van der Waals surface area contributed by atoms with Crippen LogP contribution >= 0.6 is 0 Å². The minimum absolute atomic E-state index is 0.0398. The van der Waals surface area contributed by atoms with Gasteiger partial charge in [0.05, 0.1) is 18.7 Å². The molecule has 0 saturated carbocycles. The third-order valence-corrected chi connectivity index (χ3v) is 5.19. The molecule has 3 rings (SSSR count). The molecule has 2 amide bonds. The van der Waals surface area contributed by atoms with Crippen LogP contribution in [0.15, 0.2) is 53.6 Å². The molecule has 1 aliphatic heterocycles. The Morgan fingerprint density at radius 3 is 2.57 bits per heavy atom. The predicted molar refractivity (Wildman–Crippen MR) is 119 cm³/mol. The van der Waals surface area contributed by atoms with Crippen LogP contribution in [-0.4, -0.2) is 31.2 Å². The molecule has 2 aromatic rings. The quantitative estimate of drug-likeness (QED) is 0.389. The van der Waals surface area contributed by atoms with Gasteiger partial charge in [-0.15, -0.1) is 0 Å². The van der Waals surface area contributed by atoms with Crippen molar-refractivity contribution in [2.75, 3.05) is 18.1 Å². The van der Waals surface area contributed by atoms with Gasteiger partial charge in [0.25, 0.3) is 0 Å². The van der Waals surface area contributed by atoms with E-state index in [0.29, 0.717) is 13.2 Å². The fraction of sp³-hybridized carbons (Fsp3) is 0.375.